The minimum atomic E-state index is 0.597. The van der Waals surface area contributed by atoms with Gasteiger partial charge in [-0.05, 0) is 57.5 Å². The van der Waals surface area contributed by atoms with E-state index in [1.807, 2.05) is 0 Å². The lowest BCUT2D eigenvalue weighted by Gasteiger charge is -2.21. The first-order chi connectivity index (χ1) is 8.99. The second-order valence-electron chi connectivity index (χ2n) is 6.17. The summed E-state index contributed by atoms with van der Waals surface area (Å²) in [5.74, 6) is 0.731. The second-order valence-corrected chi connectivity index (χ2v) is 6.17. The highest BCUT2D eigenvalue weighted by Crippen LogP contribution is 2.08. The lowest BCUT2D eigenvalue weighted by molar-refractivity contribution is 0.266. The monoisotopic (exact) mass is 262 g/mol. The van der Waals surface area contributed by atoms with Crippen LogP contribution in [-0.2, 0) is 13.0 Å². The summed E-state index contributed by atoms with van der Waals surface area (Å²) >= 11 is 0. The van der Waals surface area contributed by atoms with Gasteiger partial charge in [0.05, 0.1) is 0 Å². The maximum atomic E-state index is 3.49. The Morgan fingerprint density at radius 3 is 2.11 bits per heavy atom. The molecular formula is C17H30N2. The predicted molar refractivity (Wildman–Crippen MR) is 84.5 cm³/mol. The molecule has 0 amide bonds. The summed E-state index contributed by atoms with van der Waals surface area (Å²) in [5.41, 5.74) is 2.82. The van der Waals surface area contributed by atoms with Crippen molar-refractivity contribution in [2.75, 3.05) is 20.1 Å². The van der Waals surface area contributed by atoms with E-state index >= 15 is 0 Å². The minimum absolute atomic E-state index is 0.597. The number of hydrogen-bond donors (Lipinski definition) is 1. The molecule has 0 aromatic heterocycles. The Bertz CT molecular complexity index is 341. The van der Waals surface area contributed by atoms with Crippen LogP contribution in [-0.4, -0.2) is 31.1 Å². The van der Waals surface area contributed by atoms with Gasteiger partial charge in [0.1, 0.15) is 0 Å². The van der Waals surface area contributed by atoms with E-state index in [2.05, 4.69) is 69.2 Å². The van der Waals surface area contributed by atoms with Crippen LogP contribution in [0.15, 0.2) is 24.3 Å². The van der Waals surface area contributed by atoms with Crippen LogP contribution in [0.2, 0.25) is 0 Å². The van der Waals surface area contributed by atoms with E-state index in [1.54, 1.807) is 0 Å². The average molecular weight is 262 g/mol. The summed E-state index contributed by atoms with van der Waals surface area (Å²) in [5, 5.41) is 3.49. The topological polar surface area (TPSA) is 15.3 Å². The lowest BCUT2D eigenvalue weighted by Crippen LogP contribution is -2.25. The van der Waals surface area contributed by atoms with Gasteiger partial charge in [0.15, 0.2) is 0 Å². The molecule has 1 aromatic rings. The Hall–Kier alpha value is -0.860. The van der Waals surface area contributed by atoms with Crippen LogP contribution >= 0.6 is 0 Å². The van der Waals surface area contributed by atoms with Crippen LogP contribution in [0.1, 0.15) is 38.8 Å². The molecule has 0 bridgehead atoms. The van der Waals surface area contributed by atoms with E-state index in [1.165, 1.54) is 11.1 Å². The molecule has 0 aliphatic rings. The Morgan fingerprint density at radius 2 is 1.58 bits per heavy atom. The molecule has 0 saturated carbocycles. The highest BCUT2D eigenvalue weighted by molar-refractivity contribution is 5.22. The molecule has 1 rings (SSSR count). The van der Waals surface area contributed by atoms with E-state index in [-0.39, 0.29) is 0 Å². The molecule has 2 heteroatoms. The molecule has 0 radical (unpaired) electrons. The van der Waals surface area contributed by atoms with Crippen molar-refractivity contribution < 1.29 is 0 Å². The van der Waals surface area contributed by atoms with Crippen molar-refractivity contribution in [3.8, 4) is 0 Å². The lowest BCUT2D eigenvalue weighted by atomic mass is 10.1. The van der Waals surface area contributed by atoms with Crippen LogP contribution < -0.4 is 5.32 Å². The van der Waals surface area contributed by atoms with Gasteiger partial charge in [-0.3, -0.25) is 4.90 Å². The van der Waals surface area contributed by atoms with Crippen molar-refractivity contribution in [1.82, 2.24) is 10.2 Å². The highest BCUT2D eigenvalue weighted by atomic mass is 15.1. The summed E-state index contributed by atoms with van der Waals surface area (Å²) < 4.78 is 0. The number of nitrogens with zero attached hydrogens (tertiary/aromatic N) is 1. The Morgan fingerprint density at radius 1 is 1.00 bits per heavy atom. The van der Waals surface area contributed by atoms with Crippen LogP contribution in [0.25, 0.3) is 0 Å². The van der Waals surface area contributed by atoms with Crippen molar-refractivity contribution in [2.24, 2.45) is 5.92 Å². The first-order valence-corrected chi connectivity index (χ1v) is 7.47. The Kier molecular flexibility index (Phi) is 7.11. The van der Waals surface area contributed by atoms with E-state index in [4.69, 9.17) is 0 Å². The summed E-state index contributed by atoms with van der Waals surface area (Å²) in [6.07, 6.45) is 1.12. The zero-order chi connectivity index (χ0) is 14.3. The molecule has 108 valence electrons. The zero-order valence-corrected chi connectivity index (χ0v) is 13.2. The molecular weight excluding hydrogens is 232 g/mol. The number of hydrogen-bond acceptors (Lipinski definition) is 2. The molecule has 1 N–H and O–H groups in total. The van der Waals surface area contributed by atoms with Gasteiger partial charge < -0.3 is 5.32 Å². The van der Waals surface area contributed by atoms with Gasteiger partial charge >= 0.3 is 0 Å². The molecule has 19 heavy (non-hydrogen) atoms. The third-order valence-electron chi connectivity index (χ3n) is 3.48. The largest absolute Gasteiger partial charge is 0.316 e. The fourth-order valence-electron chi connectivity index (χ4n) is 1.91. The van der Waals surface area contributed by atoms with Gasteiger partial charge in [0.25, 0.3) is 0 Å². The van der Waals surface area contributed by atoms with Crippen molar-refractivity contribution in [3.63, 3.8) is 0 Å². The van der Waals surface area contributed by atoms with E-state index in [9.17, 15) is 0 Å². The minimum Gasteiger partial charge on any atom is -0.316 e. The van der Waals surface area contributed by atoms with Gasteiger partial charge in [-0.25, -0.2) is 0 Å². The molecule has 1 aromatic carbocycles. The van der Waals surface area contributed by atoms with Crippen molar-refractivity contribution in [1.29, 1.82) is 0 Å². The first kappa shape index (κ1) is 16.2. The molecule has 0 spiro atoms. The predicted octanol–water partition coefficient (Wildman–Crippen LogP) is 3.31. The maximum Gasteiger partial charge on any atom is 0.0233 e. The Labute approximate surface area is 119 Å². The molecule has 0 heterocycles. The smallest absolute Gasteiger partial charge is 0.0233 e. The molecule has 0 aliphatic carbocycles. The fourth-order valence-corrected chi connectivity index (χ4v) is 1.91. The molecule has 0 aliphatic heterocycles. The molecule has 0 atom stereocenters. The SMILES string of the molecule is CC(C)CNCCc1ccc(CN(C)C(C)C)cc1. The van der Waals surface area contributed by atoms with Gasteiger partial charge in [-0.15, -0.1) is 0 Å². The van der Waals surface area contributed by atoms with Crippen LogP contribution in [0.4, 0.5) is 0 Å². The molecule has 0 unspecified atom stereocenters. The summed E-state index contributed by atoms with van der Waals surface area (Å²) in [7, 11) is 2.18. The number of benzene rings is 1. The van der Waals surface area contributed by atoms with E-state index in [0.29, 0.717) is 6.04 Å². The third-order valence-corrected chi connectivity index (χ3v) is 3.48. The normalized spacial score (nSPS) is 11.8. The zero-order valence-electron chi connectivity index (χ0n) is 13.2. The van der Waals surface area contributed by atoms with E-state index < -0.39 is 0 Å². The van der Waals surface area contributed by atoms with Gasteiger partial charge in [0.2, 0.25) is 0 Å². The standard InChI is InChI=1S/C17H30N2/c1-14(2)12-18-11-10-16-6-8-17(9-7-16)13-19(5)15(3)4/h6-9,14-15,18H,10-13H2,1-5H3. The molecule has 2 nitrogen and oxygen atoms in total. The first-order valence-electron chi connectivity index (χ1n) is 7.47. The highest BCUT2D eigenvalue weighted by Gasteiger charge is 2.04. The maximum absolute atomic E-state index is 3.49. The average Bonchev–Trinajstić information content (AvgIpc) is 2.36. The van der Waals surface area contributed by atoms with Gasteiger partial charge in [0, 0.05) is 12.6 Å². The second kappa shape index (κ2) is 8.34. The van der Waals surface area contributed by atoms with Crippen molar-refractivity contribution in [2.45, 2.75) is 46.7 Å². The summed E-state index contributed by atoms with van der Waals surface area (Å²) in [4.78, 5) is 2.36. The number of rotatable bonds is 8. The van der Waals surface area contributed by atoms with Gasteiger partial charge in [-0.2, -0.15) is 0 Å². The third kappa shape index (κ3) is 6.74. The van der Waals surface area contributed by atoms with Crippen LogP contribution in [0.3, 0.4) is 0 Å². The van der Waals surface area contributed by atoms with Crippen molar-refractivity contribution in [3.05, 3.63) is 35.4 Å². The molecule has 0 fully saturated rings. The summed E-state index contributed by atoms with van der Waals surface area (Å²) in [6.45, 7) is 12.2. The molecule has 0 saturated heterocycles. The fraction of sp³-hybridized carbons (Fsp3) is 0.647. The van der Waals surface area contributed by atoms with Crippen LogP contribution in [0.5, 0.6) is 0 Å². The van der Waals surface area contributed by atoms with Crippen LogP contribution in [0, 0.1) is 5.92 Å². The van der Waals surface area contributed by atoms with E-state index in [0.717, 1.165) is 32.0 Å². The Balaban J connectivity index is 2.35. The van der Waals surface area contributed by atoms with Crippen molar-refractivity contribution >= 4 is 0 Å². The van der Waals surface area contributed by atoms with Gasteiger partial charge in [-0.1, -0.05) is 38.1 Å². The summed E-state index contributed by atoms with van der Waals surface area (Å²) in [6, 6.07) is 9.65. The quantitative estimate of drug-likeness (QED) is 0.723. The number of nitrogens with one attached hydrogen (secondary N) is 1.